The van der Waals surface area contributed by atoms with E-state index in [-0.39, 0.29) is 5.41 Å². The molecule has 0 N–H and O–H groups in total. The first-order valence-corrected chi connectivity index (χ1v) is 20.6. The van der Waals surface area contributed by atoms with E-state index < -0.39 is 0 Å². The van der Waals surface area contributed by atoms with E-state index in [2.05, 4.69) is 204 Å². The number of para-hydroxylation sites is 3. The van der Waals surface area contributed by atoms with Gasteiger partial charge in [0.2, 0.25) is 0 Å². The first-order valence-electron chi connectivity index (χ1n) is 19.8. The molecule has 0 fully saturated rings. The highest BCUT2D eigenvalue weighted by Crippen LogP contribution is 2.60. The Balaban J connectivity index is 1.14. The zero-order valence-corrected chi connectivity index (χ0v) is 31.9. The number of hydrogen-bond donors (Lipinski definition) is 0. The summed E-state index contributed by atoms with van der Waals surface area (Å²) in [6.45, 7) is 0. The Kier molecular flexibility index (Phi) is 7.89. The molecule has 0 radical (unpaired) electrons. The lowest BCUT2D eigenvalue weighted by atomic mass is 9.74. The lowest BCUT2D eigenvalue weighted by Gasteiger charge is -2.37. The molecule has 56 heavy (non-hydrogen) atoms. The van der Waals surface area contributed by atoms with Crippen LogP contribution in [0.3, 0.4) is 0 Å². The van der Waals surface area contributed by atoms with E-state index in [9.17, 15) is 0 Å². The van der Waals surface area contributed by atoms with Crippen molar-refractivity contribution in [3.05, 3.63) is 216 Å². The zero-order chi connectivity index (χ0) is 37.1. The Morgan fingerprint density at radius 1 is 0.393 bits per heavy atom. The summed E-state index contributed by atoms with van der Waals surface area (Å²) < 4.78 is 2.65. The molecule has 0 amide bonds. The van der Waals surface area contributed by atoms with Crippen LogP contribution in [0.5, 0.6) is 0 Å². The minimum atomic E-state index is -0.151. The van der Waals surface area contributed by atoms with Crippen molar-refractivity contribution in [2.45, 2.75) is 31.1 Å². The first-order chi connectivity index (χ1) is 27.8. The second-order valence-electron chi connectivity index (χ2n) is 15.2. The predicted molar refractivity (Wildman–Crippen MR) is 238 cm³/mol. The first kappa shape index (κ1) is 33.0. The van der Waals surface area contributed by atoms with Gasteiger partial charge in [-0.25, -0.2) is 0 Å². The van der Waals surface area contributed by atoms with Crippen molar-refractivity contribution in [3.8, 4) is 11.1 Å². The average Bonchev–Trinajstić information content (AvgIpc) is 3.96. The van der Waals surface area contributed by atoms with Crippen LogP contribution in [-0.2, 0) is 18.3 Å². The monoisotopic (exact) mass is 736 g/mol. The van der Waals surface area contributed by atoms with Gasteiger partial charge < -0.3 is 9.80 Å². The van der Waals surface area contributed by atoms with Gasteiger partial charge in [0, 0.05) is 48.2 Å². The lowest BCUT2D eigenvalue weighted by Crippen LogP contribution is -2.27. The Bertz CT molecular complexity index is 2880. The van der Waals surface area contributed by atoms with Crippen LogP contribution in [0.15, 0.2) is 194 Å². The molecule has 0 unspecified atom stereocenters. The van der Waals surface area contributed by atoms with Gasteiger partial charge in [0.25, 0.3) is 0 Å². The van der Waals surface area contributed by atoms with Crippen molar-refractivity contribution < 1.29 is 0 Å². The topological polar surface area (TPSA) is 6.48 Å². The van der Waals surface area contributed by atoms with Gasteiger partial charge >= 0.3 is 0 Å². The summed E-state index contributed by atoms with van der Waals surface area (Å²) in [6, 6.07) is 71.7. The van der Waals surface area contributed by atoms with Crippen molar-refractivity contribution in [3.63, 3.8) is 0 Å². The van der Waals surface area contributed by atoms with E-state index in [1.54, 1.807) is 0 Å². The van der Waals surface area contributed by atoms with Gasteiger partial charge in [0.05, 0.1) is 17.1 Å². The Morgan fingerprint density at radius 3 is 1.62 bits per heavy atom. The second-order valence-corrected chi connectivity index (χ2v) is 16.3. The third kappa shape index (κ3) is 5.22. The molecule has 1 spiro atoms. The molecule has 2 aliphatic carbocycles. The van der Waals surface area contributed by atoms with Gasteiger partial charge in [-0.3, -0.25) is 0 Å². The Labute approximate surface area is 332 Å². The maximum atomic E-state index is 2.54. The van der Waals surface area contributed by atoms with E-state index >= 15 is 0 Å². The van der Waals surface area contributed by atoms with E-state index in [1.807, 2.05) is 11.3 Å². The molecule has 1 heterocycles. The van der Waals surface area contributed by atoms with Crippen LogP contribution >= 0.6 is 11.3 Å². The minimum Gasteiger partial charge on any atom is -0.310 e. The highest BCUT2D eigenvalue weighted by atomic mass is 32.1. The SMILES string of the molecule is c1ccc(-c2ccccc2N(c2ccccc2)c2cccc3c2[C@]2(CCc4cccc(N(c5ccccc5)c5ccc6c(c5)sc5ccccc56)c42)CC3)cc1. The van der Waals surface area contributed by atoms with Crippen LogP contribution in [0.4, 0.5) is 34.1 Å². The van der Waals surface area contributed by atoms with Crippen LogP contribution in [0, 0.1) is 0 Å². The molecule has 1 atom stereocenters. The summed E-state index contributed by atoms with van der Waals surface area (Å²) in [4.78, 5) is 5.08. The number of anilines is 6. The molecule has 268 valence electrons. The van der Waals surface area contributed by atoms with Crippen molar-refractivity contribution in [1.82, 2.24) is 0 Å². The van der Waals surface area contributed by atoms with Crippen LogP contribution in [-0.4, -0.2) is 0 Å². The van der Waals surface area contributed by atoms with Gasteiger partial charge in [0.15, 0.2) is 0 Å². The summed E-state index contributed by atoms with van der Waals surface area (Å²) in [5, 5.41) is 2.65. The van der Waals surface area contributed by atoms with Gasteiger partial charge in [0.1, 0.15) is 0 Å². The number of nitrogens with zero attached hydrogens (tertiary/aromatic N) is 2. The normalized spacial score (nSPS) is 15.6. The predicted octanol–water partition coefficient (Wildman–Crippen LogP) is 14.8. The number of rotatable bonds is 7. The van der Waals surface area contributed by atoms with E-state index in [1.165, 1.54) is 87.7 Å². The molecule has 0 saturated heterocycles. The summed E-state index contributed by atoms with van der Waals surface area (Å²) in [7, 11) is 0. The summed E-state index contributed by atoms with van der Waals surface area (Å²) in [5.41, 5.74) is 15.5. The molecule has 11 rings (SSSR count). The molecular weight excluding hydrogens is 697 g/mol. The van der Waals surface area contributed by atoms with Crippen LogP contribution in [0.1, 0.15) is 35.1 Å². The maximum absolute atomic E-state index is 2.54. The summed E-state index contributed by atoms with van der Waals surface area (Å²) in [6.07, 6.45) is 4.29. The number of benzene rings is 8. The fourth-order valence-corrected chi connectivity index (χ4v) is 11.0. The quantitative estimate of drug-likeness (QED) is 0.161. The number of thiophene rings is 1. The van der Waals surface area contributed by atoms with Crippen molar-refractivity contribution in [1.29, 1.82) is 0 Å². The molecule has 1 aromatic heterocycles. The fraction of sp³-hybridized carbons (Fsp3) is 0.0943. The van der Waals surface area contributed by atoms with Crippen molar-refractivity contribution >= 4 is 65.6 Å². The Morgan fingerprint density at radius 2 is 0.929 bits per heavy atom. The molecule has 0 saturated carbocycles. The molecular formula is C53H40N2S. The minimum absolute atomic E-state index is 0.151. The summed E-state index contributed by atoms with van der Waals surface area (Å²) >= 11 is 1.89. The maximum Gasteiger partial charge on any atom is 0.0540 e. The third-order valence-electron chi connectivity index (χ3n) is 12.2. The number of aryl methyl sites for hydroxylation is 2. The molecule has 0 aliphatic heterocycles. The highest BCUT2D eigenvalue weighted by molar-refractivity contribution is 7.25. The van der Waals surface area contributed by atoms with E-state index in [0.717, 1.165) is 25.7 Å². The van der Waals surface area contributed by atoms with E-state index in [0.29, 0.717) is 0 Å². The average molecular weight is 737 g/mol. The smallest absolute Gasteiger partial charge is 0.0540 e. The highest BCUT2D eigenvalue weighted by Gasteiger charge is 2.49. The standard InChI is InChI=1S/C53H40N2S/c1-4-16-37(17-5-1)43-24-10-12-26-46(43)55(41-22-8-3-9-23-41)48-28-15-19-39-33-35-53(52(39)48)34-32-38-18-14-27-47(51(38)53)54(40-20-6-2-7-21-40)42-30-31-45-44-25-11-13-29-49(44)56-50(45)36-42/h1-31,36H,32-35H2/t53-/m1/s1. The number of fused-ring (bicyclic) bond motifs is 7. The molecule has 0 bridgehead atoms. The van der Waals surface area contributed by atoms with Crippen molar-refractivity contribution in [2.24, 2.45) is 0 Å². The fourth-order valence-electron chi connectivity index (χ4n) is 9.89. The van der Waals surface area contributed by atoms with Gasteiger partial charge in [-0.15, -0.1) is 11.3 Å². The molecule has 2 nitrogen and oxygen atoms in total. The van der Waals surface area contributed by atoms with Gasteiger partial charge in [-0.1, -0.05) is 133 Å². The largest absolute Gasteiger partial charge is 0.310 e. The van der Waals surface area contributed by atoms with Crippen LogP contribution in [0.2, 0.25) is 0 Å². The third-order valence-corrected chi connectivity index (χ3v) is 13.4. The van der Waals surface area contributed by atoms with Crippen molar-refractivity contribution in [2.75, 3.05) is 9.80 Å². The lowest BCUT2D eigenvalue weighted by molar-refractivity contribution is 0.508. The second kappa shape index (κ2) is 13.4. The molecule has 3 heteroatoms. The van der Waals surface area contributed by atoms with Crippen LogP contribution < -0.4 is 9.80 Å². The Hall–Kier alpha value is -6.42. The van der Waals surface area contributed by atoms with Crippen LogP contribution in [0.25, 0.3) is 31.3 Å². The van der Waals surface area contributed by atoms with Gasteiger partial charge in [-0.2, -0.15) is 0 Å². The number of hydrogen-bond acceptors (Lipinski definition) is 3. The summed E-state index contributed by atoms with van der Waals surface area (Å²) in [5.74, 6) is 0. The van der Waals surface area contributed by atoms with E-state index in [4.69, 9.17) is 0 Å². The van der Waals surface area contributed by atoms with Gasteiger partial charge in [-0.05, 0) is 114 Å². The molecule has 9 aromatic rings. The molecule has 8 aromatic carbocycles. The zero-order valence-electron chi connectivity index (χ0n) is 31.1. The molecule has 2 aliphatic rings.